The topological polar surface area (TPSA) is 3.24 Å². The molecule has 0 saturated carbocycles. The highest BCUT2D eigenvalue weighted by molar-refractivity contribution is 8.93. The molecule has 4 rings (SSSR count). The second-order valence-corrected chi connectivity index (χ2v) is 5.60. The molecule has 3 heterocycles. The number of rotatable bonds is 2. The second-order valence-electron chi connectivity index (χ2n) is 5.16. The number of fused-ring (bicyclic) bond motifs is 3. The molecule has 1 aromatic rings. The zero-order chi connectivity index (χ0) is 11.7. The predicted molar refractivity (Wildman–Crippen MR) is 82.7 cm³/mol. The lowest BCUT2D eigenvalue weighted by Crippen LogP contribution is -2.43. The molecule has 0 N–H and O–H groups in total. The van der Waals surface area contributed by atoms with Gasteiger partial charge in [0.2, 0.25) is 0 Å². The van der Waals surface area contributed by atoms with Gasteiger partial charge in [-0.05, 0) is 56.0 Å². The molecular formula is C15H19BrClN. The standard InChI is InChI=1S/C15H18ClN.BrH/c16-15-5-2-12(3-6-15)1-4-14-11-17-9-7-13(14)8-10-17;/h2-6,13H,1,7-11H2;1H. The monoisotopic (exact) mass is 327 g/mol. The van der Waals surface area contributed by atoms with Gasteiger partial charge in [-0.1, -0.05) is 35.4 Å². The largest absolute Gasteiger partial charge is 0.299 e. The highest BCUT2D eigenvalue weighted by atomic mass is 79.9. The van der Waals surface area contributed by atoms with Crippen molar-refractivity contribution in [1.82, 2.24) is 4.90 Å². The third kappa shape index (κ3) is 3.17. The molecule has 3 heteroatoms. The number of hydrogen-bond donors (Lipinski definition) is 0. The van der Waals surface area contributed by atoms with Crippen molar-refractivity contribution in [1.29, 1.82) is 0 Å². The van der Waals surface area contributed by atoms with Crippen molar-refractivity contribution in [3.8, 4) is 0 Å². The molecule has 0 aliphatic carbocycles. The predicted octanol–water partition coefficient (Wildman–Crippen LogP) is 4.11. The van der Waals surface area contributed by atoms with Crippen LogP contribution in [0.15, 0.2) is 35.9 Å². The summed E-state index contributed by atoms with van der Waals surface area (Å²) in [6.07, 6.45) is 6.23. The van der Waals surface area contributed by atoms with E-state index in [1.54, 1.807) is 5.57 Å². The SMILES string of the molecule is Br.Clc1ccc(CC=C2CN3CCC2CC3)cc1. The zero-order valence-corrected chi connectivity index (χ0v) is 12.9. The van der Waals surface area contributed by atoms with Crippen molar-refractivity contribution in [2.24, 2.45) is 5.92 Å². The van der Waals surface area contributed by atoms with E-state index < -0.39 is 0 Å². The molecule has 1 nitrogen and oxygen atoms in total. The maximum absolute atomic E-state index is 5.89. The molecule has 0 spiro atoms. The third-order valence-corrected chi connectivity index (χ3v) is 4.28. The Labute approximate surface area is 125 Å². The summed E-state index contributed by atoms with van der Waals surface area (Å²) in [5, 5.41) is 0.823. The minimum atomic E-state index is 0. The number of hydrogen-bond acceptors (Lipinski definition) is 1. The molecule has 0 amide bonds. The van der Waals surface area contributed by atoms with Crippen molar-refractivity contribution < 1.29 is 0 Å². The number of nitrogens with zero attached hydrogens (tertiary/aromatic N) is 1. The molecule has 18 heavy (non-hydrogen) atoms. The van der Waals surface area contributed by atoms with Gasteiger partial charge in [0.25, 0.3) is 0 Å². The summed E-state index contributed by atoms with van der Waals surface area (Å²) in [6.45, 7) is 3.82. The Balaban J connectivity index is 0.00000120. The summed E-state index contributed by atoms with van der Waals surface area (Å²) >= 11 is 5.89. The number of halogens is 2. The molecule has 1 aromatic carbocycles. The average Bonchev–Trinajstić information content (AvgIpc) is 2.39. The van der Waals surface area contributed by atoms with Gasteiger partial charge in [0.1, 0.15) is 0 Å². The van der Waals surface area contributed by atoms with Crippen LogP contribution >= 0.6 is 28.6 Å². The lowest BCUT2D eigenvalue weighted by atomic mass is 9.83. The Bertz CT molecular complexity index is 419. The Morgan fingerprint density at radius 1 is 1.17 bits per heavy atom. The molecule has 98 valence electrons. The number of allylic oxidation sites excluding steroid dienone is 1. The molecule has 0 atom stereocenters. The first-order valence-electron chi connectivity index (χ1n) is 6.47. The molecule has 3 fully saturated rings. The normalized spacial score (nSPS) is 28.2. The van der Waals surface area contributed by atoms with Gasteiger partial charge in [-0.25, -0.2) is 0 Å². The van der Waals surface area contributed by atoms with Gasteiger partial charge in [-0.15, -0.1) is 17.0 Å². The molecule has 0 unspecified atom stereocenters. The first-order chi connectivity index (χ1) is 8.31. The molecular weight excluding hydrogens is 310 g/mol. The van der Waals surface area contributed by atoms with E-state index >= 15 is 0 Å². The van der Waals surface area contributed by atoms with Crippen LogP contribution < -0.4 is 0 Å². The van der Waals surface area contributed by atoms with Gasteiger partial charge in [-0.2, -0.15) is 0 Å². The van der Waals surface area contributed by atoms with Crippen molar-refractivity contribution in [3.05, 3.63) is 46.5 Å². The van der Waals surface area contributed by atoms with E-state index in [1.165, 1.54) is 38.0 Å². The van der Waals surface area contributed by atoms with Crippen LogP contribution in [-0.2, 0) is 6.42 Å². The fourth-order valence-corrected chi connectivity index (χ4v) is 3.08. The van der Waals surface area contributed by atoms with E-state index in [-0.39, 0.29) is 17.0 Å². The van der Waals surface area contributed by atoms with E-state index in [9.17, 15) is 0 Å². The Morgan fingerprint density at radius 3 is 2.39 bits per heavy atom. The smallest absolute Gasteiger partial charge is 0.0406 e. The summed E-state index contributed by atoms with van der Waals surface area (Å²) in [5.74, 6) is 0.868. The molecule has 3 saturated heterocycles. The summed E-state index contributed by atoms with van der Waals surface area (Å²) in [5.41, 5.74) is 3.02. The van der Waals surface area contributed by atoms with Crippen molar-refractivity contribution in [2.45, 2.75) is 19.3 Å². The quantitative estimate of drug-likeness (QED) is 0.738. The second kappa shape index (κ2) is 6.23. The third-order valence-electron chi connectivity index (χ3n) is 4.03. The van der Waals surface area contributed by atoms with Crippen molar-refractivity contribution in [3.63, 3.8) is 0 Å². The van der Waals surface area contributed by atoms with E-state index in [4.69, 9.17) is 11.6 Å². The van der Waals surface area contributed by atoms with Crippen LogP contribution in [0.25, 0.3) is 0 Å². The van der Waals surface area contributed by atoms with Crippen molar-refractivity contribution in [2.75, 3.05) is 19.6 Å². The Kier molecular flexibility index (Phi) is 4.88. The van der Waals surface area contributed by atoms with Crippen LogP contribution in [0, 0.1) is 5.92 Å². The maximum Gasteiger partial charge on any atom is 0.0406 e. The molecule has 2 bridgehead atoms. The van der Waals surface area contributed by atoms with Crippen LogP contribution in [0.5, 0.6) is 0 Å². The molecule has 3 aliphatic heterocycles. The maximum atomic E-state index is 5.89. The Hall–Kier alpha value is -0.310. The lowest BCUT2D eigenvalue weighted by molar-refractivity contribution is 0.161. The van der Waals surface area contributed by atoms with Gasteiger partial charge < -0.3 is 0 Å². The summed E-state index contributed by atoms with van der Waals surface area (Å²) < 4.78 is 0. The summed E-state index contributed by atoms with van der Waals surface area (Å²) in [7, 11) is 0. The Morgan fingerprint density at radius 2 is 1.83 bits per heavy atom. The highest BCUT2D eigenvalue weighted by Gasteiger charge is 2.28. The van der Waals surface area contributed by atoms with E-state index in [1.807, 2.05) is 12.1 Å². The van der Waals surface area contributed by atoms with Crippen LogP contribution in [-0.4, -0.2) is 24.5 Å². The minimum Gasteiger partial charge on any atom is -0.299 e. The van der Waals surface area contributed by atoms with Gasteiger partial charge in [-0.3, -0.25) is 4.90 Å². The summed E-state index contributed by atoms with van der Waals surface area (Å²) in [6, 6.07) is 8.21. The van der Waals surface area contributed by atoms with Crippen LogP contribution in [0.3, 0.4) is 0 Å². The molecule has 0 radical (unpaired) electrons. The number of piperidine rings is 3. The van der Waals surface area contributed by atoms with Crippen LogP contribution in [0.4, 0.5) is 0 Å². The van der Waals surface area contributed by atoms with E-state index in [0.717, 1.165) is 17.4 Å². The molecule has 3 aliphatic rings. The zero-order valence-electron chi connectivity index (χ0n) is 10.4. The number of benzene rings is 1. The first-order valence-corrected chi connectivity index (χ1v) is 6.85. The van der Waals surface area contributed by atoms with Crippen molar-refractivity contribution >= 4 is 28.6 Å². The van der Waals surface area contributed by atoms with Crippen LogP contribution in [0.2, 0.25) is 5.02 Å². The van der Waals surface area contributed by atoms with E-state index in [0.29, 0.717) is 0 Å². The fourth-order valence-electron chi connectivity index (χ4n) is 2.95. The van der Waals surface area contributed by atoms with Gasteiger partial charge in [0.05, 0.1) is 0 Å². The first kappa shape index (κ1) is 14.1. The highest BCUT2D eigenvalue weighted by Crippen LogP contribution is 2.31. The minimum absolute atomic E-state index is 0. The van der Waals surface area contributed by atoms with Crippen LogP contribution in [0.1, 0.15) is 18.4 Å². The van der Waals surface area contributed by atoms with Gasteiger partial charge >= 0.3 is 0 Å². The molecule has 0 aromatic heterocycles. The average molecular weight is 329 g/mol. The van der Waals surface area contributed by atoms with Gasteiger partial charge in [0.15, 0.2) is 0 Å². The lowest BCUT2D eigenvalue weighted by Gasteiger charge is -2.41. The fraction of sp³-hybridized carbons (Fsp3) is 0.467. The summed E-state index contributed by atoms with van der Waals surface area (Å²) in [4.78, 5) is 2.58. The van der Waals surface area contributed by atoms with Gasteiger partial charge in [0, 0.05) is 11.6 Å². The van der Waals surface area contributed by atoms with E-state index in [2.05, 4.69) is 23.1 Å².